The number of pyridine rings is 1. The van der Waals surface area contributed by atoms with Crippen molar-refractivity contribution < 1.29 is 4.52 Å². The van der Waals surface area contributed by atoms with Gasteiger partial charge in [0.1, 0.15) is 5.82 Å². The molecule has 0 radical (unpaired) electrons. The highest BCUT2D eigenvalue weighted by atomic mass is 32.1. The van der Waals surface area contributed by atoms with Gasteiger partial charge in [-0.2, -0.15) is 4.98 Å². The van der Waals surface area contributed by atoms with E-state index in [1.54, 1.807) is 11.3 Å². The molecule has 5 nitrogen and oxygen atoms in total. The Labute approximate surface area is 132 Å². The zero-order valence-corrected chi connectivity index (χ0v) is 13.1. The van der Waals surface area contributed by atoms with Crippen LogP contribution in [-0.4, -0.2) is 21.2 Å². The summed E-state index contributed by atoms with van der Waals surface area (Å²) in [7, 11) is 0. The summed E-state index contributed by atoms with van der Waals surface area (Å²) in [5.74, 6) is 2.17. The first-order valence-corrected chi connectivity index (χ1v) is 8.23. The summed E-state index contributed by atoms with van der Waals surface area (Å²) < 4.78 is 5.26. The van der Waals surface area contributed by atoms with Crippen LogP contribution in [0.3, 0.4) is 0 Å². The third kappa shape index (κ3) is 2.74. The largest absolute Gasteiger partial charge is 0.348 e. The number of hydrogen-bond acceptors (Lipinski definition) is 6. The molecule has 0 unspecified atom stereocenters. The number of anilines is 1. The minimum atomic E-state index is 0.549. The first-order valence-electron chi connectivity index (χ1n) is 7.35. The van der Waals surface area contributed by atoms with E-state index in [0.717, 1.165) is 17.9 Å². The lowest BCUT2D eigenvalue weighted by molar-refractivity contribution is 0.425. The van der Waals surface area contributed by atoms with Crippen molar-refractivity contribution in [1.82, 2.24) is 15.1 Å². The standard InChI is InChI=1S/C16H16N4OS/c1-11-18-16(21-19-11)12-6-7-17-15(9-12)20(13-4-5-13)10-14-3-2-8-22-14/h2-3,6-9,13H,4-5,10H2,1H3. The molecule has 0 amide bonds. The summed E-state index contributed by atoms with van der Waals surface area (Å²) in [6.45, 7) is 2.73. The lowest BCUT2D eigenvalue weighted by Crippen LogP contribution is -2.25. The predicted octanol–water partition coefficient (Wildman–Crippen LogP) is 3.67. The monoisotopic (exact) mass is 312 g/mol. The Balaban J connectivity index is 1.65. The highest BCUT2D eigenvalue weighted by molar-refractivity contribution is 7.09. The van der Waals surface area contributed by atoms with Crippen LogP contribution in [0.5, 0.6) is 0 Å². The molecule has 0 spiro atoms. The zero-order valence-electron chi connectivity index (χ0n) is 12.3. The Morgan fingerprint density at radius 1 is 1.36 bits per heavy atom. The Hall–Kier alpha value is -2.21. The van der Waals surface area contributed by atoms with Gasteiger partial charge in [-0.15, -0.1) is 11.3 Å². The molecular weight excluding hydrogens is 296 g/mol. The normalized spacial score (nSPS) is 14.2. The van der Waals surface area contributed by atoms with Gasteiger partial charge in [-0.05, 0) is 43.3 Å². The highest BCUT2D eigenvalue weighted by Crippen LogP contribution is 2.34. The van der Waals surface area contributed by atoms with E-state index in [2.05, 4.69) is 37.5 Å². The van der Waals surface area contributed by atoms with Crippen molar-refractivity contribution in [2.24, 2.45) is 0 Å². The summed E-state index contributed by atoms with van der Waals surface area (Å²) in [5.41, 5.74) is 0.919. The van der Waals surface area contributed by atoms with Crippen molar-refractivity contribution in [2.75, 3.05) is 4.90 Å². The fourth-order valence-electron chi connectivity index (χ4n) is 2.48. The van der Waals surface area contributed by atoms with Crippen LogP contribution in [0.25, 0.3) is 11.5 Å². The van der Waals surface area contributed by atoms with E-state index < -0.39 is 0 Å². The first kappa shape index (κ1) is 13.5. The first-order chi connectivity index (χ1) is 10.8. The minimum absolute atomic E-state index is 0.549. The van der Waals surface area contributed by atoms with E-state index in [-0.39, 0.29) is 0 Å². The maximum atomic E-state index is 5.26. The van der Waals surface area contributed by atoms with Gasteiger partial charge < -0.3 is 9.42 Å². The zero-order chi connectivity index (χ0) is 14.9. The average molecular weight is 312 g/mol. The van der Waals surface area contributed by atoms with Gasteiger partial charge in [-0.3, -0.25) is 0 Å². The lowest BCUT2D eigenvalue weighted by atomic mass is 10.2. The molecule has 0 aliphatic heterocycles. The number of nitrogens with zero attached hydrogens (tertiary/aromatic N) is 4. The SMILES string of the molecule is Cc1noc(-c2ccnc(N(Cc3cccs3)C3CC3)c2)n1. The highest BCUT2D eigenvalue weighted by Gasteiger charge is 2.30. The van der Waals surface area contributed by atoms with Crippen LogP contribution >= 0.6 is 11.3 Å². The van der Waals surface area contributed by atoms with Crippen LogP contribution in [0.4, 0.5) is 5.82 Å². The maximum absolute atomic E-state index is 5.26. The Morgan fingerprint density at radius 3 is 2.95 bits per heavy atom. The minimum Gasteiger partial charge on any atom is -0.348 e. The summed E-state index contributed by atoms with van der Waals surface area (Å²) in [5, 5.41) is 5.97. The Morgan fingerprint density at radius 2 is 2.27 bits per heavy atom. The van der Waals surface area contributed by atoms with Crippen LogP contribution in [0, 0.1) is 6.92 Å². The topological polar surface area (TPSA) is 55.1 Å². The van der Waals surface area contributed by atoms with Crippen LogP contribution < -0.4 is 4.90 Å². The number of aryl methyl sites for hydroxylation is 1. The van der Waals surface area contributed by atoms with Crippen molar-refractivity contribution in [1.29, 1.82) is 0 Å². The van der Waals surface area contributed by atoms with Crippen LogP contribution in [0.2, 0.25) is 0 Å². The molecule has 4 rings (SSSR count). The van der Waals surface area contributed by atoms with E-state index in [9.17, 15) is 0 Å². The lowest BCUT2D eigenvalue weighted by Gasteiger charge is -2.23. The molecule has 1 fully saturated rings. The fraction of sp³-hybridized carbons (Fsp3) is 0.312. The van der Waals surface area contributed by atoms with Gasteiger partial charge in [-0.1, -0.05) is 11.2 Å². The van der Waals surface area contributed by atoms with E-state index in [1.807, 2.05) is 25.3 Å². The second kappa shape index (κ2) is 5.53. The molecule has 112 valence electrons. The van der Waals surface area contributed by atoms with Crippen molar-refractivity contribution >= 4 is 17.2 Å². The summed E-state index contributed by atoms with van der Waals surface area (Å²) in [6, 6.07) is 8.81. The number of rotatable bonds is 5. The predicted molar refractivity (Wildman–Crippen MR) is 85.8 cm³/mol. The molecule has 3 heterocycles. The van der Waals surface area contributed by atoms with Gasteiger partial charge in [0, 0.05) is 22.7 Å². The van der Waals surface area contributed by atoms with E-state index in [4.69, 9.17) is 4.52 Å². The number of thiophene rings is 1. The third-order valence-corrected chi connectivity index (χ3v) is 4.57. The molecule has 1 aliphatic carbocycles. The van der Waals surface area contributed by atoms with Crippen molar-refractivity contribution in [3.05, 3.63) is 46.5 Å². The van der Waals surface area contributed by atoms with E-state index >= 15 is 0 Å². The number of aromatic nitrogens is 3. The molecule has 0 atom stereocenters. The van der Waals surface area contributed by atoms with Crippen LogP contribution in [0.15, 0.2) is 40.4 Å². The van der Waals surface area contributed by atoms with E-state index in [0.29, 0.717) is 17.8 Å². The van der Waals surface area contributed by atoms with Gasteiger partial charge in [-0.25, -0.2) is 4.98 Å². The molecule has 3 aromatic heterocycles. The second-order valence-corrected chi connectivity index (χ2v) is 6.52. The average Bonchev–Trinajstić information content (AvgIpc) is 3.06. The van der Waals surface area contributed by atoms with E-state index in [1.165, 1.54) is 17.7 Å². The van der Waals surface area contributed by atoms with Crippen molar-refractivity contribution in [3.8, 4) is 11.5 Å². The molecule has 0 saturated heterocycles. The third-order valence-electron chi connectivity index (χ3n) is 3.71. The van der Waals surface area contributed by atoms with Crippen molar-refractivity contribution in [3.63, 3.8) is 0 Å². The summed E-state index contributed by atoms with van der Waals surface area (Å²) >= 11 is 1.78. The van der Waals surface area contributed by atoms with Crippen LogP contribution in [-0.2, 0) is 6.54 Å². The molecule has 0 aromatic carbocycles. The Bertz CT molecular complexity index is 764. The van der Waals surface area contributed by atoms with Crippen molar-refractivity contribution in [2.45, 2.75) is 32.4 Å². The second-order valence-electron chi connectivity index (χ2n) is 5.49. The van der Waals surface area contributed by atoms with Gasteiger partial charge in [0.25, 0.3) is 5.89 Å². The van der Waals surface area contributed by atoms with Crippen LogP contribution in [0.1, 0.15) is 23.5 Å². The maximum Gasteiger partial charge on any atom is 0.258 e. The quantitative estimate of drug-likeness (QED) is 0.719. The van der Waals surface area contributed by atoms with Gasteiger partial charge in [0.05, 0.1) is 6.54 Å². The molecule has 0 N–H and O–H groups in total. The Kier molecular flexibility index (Phi) is 3.38. The summed E-state index contributed by atoms with van der Waals surface area (Å²) in [6.07, 6.45) is 4.28. The molecule has 3 aromatic rings. The molecule has 1 saturated carbocycles. The fourth-order valence-corrected chi connectivity index (χ4v) is 3.18. The molecule has 22 heavy (non-hydrogen) atoms. The molecular formula is C16H16N4OS. The number of hydrogen-bond donors (Lipinski definition) is 0. The molecule has 1 aliphatic rings. The molecule has 0 bridgehead atoms. The van der Waals surface area contributed by atoms with Gasteiger partial charge >= 0.3 is 0 Å². The summed E-state index contributed by atoms with van der Waals surface area (Å²) in [4.78, 5) is 12.6. The van der Waals surface area contributed by atoms with Gasteiger partial charge in [0.2, 0.25) is 0 Å². The smallest absolute Gasteiger partial charge is 0.258 e. The van der Waals surface area contributed by atoms with Gasteiger partial charge in [0.15, 0.2) is 5.82 Å². The molecule has 6 heteroatoms.